The highest BCUT2D eigenvalue weighted by molar-refractivity contribution is 6.25. The highest BCUT2D eigenvalue weighted by Crippen LogP contribution is 2.34. The van der Waals surface area contributed by atoms with Gasteiger partial charge in [-0.3, -0.25) is 4.79 Å². The molecule has 0 aromatic carbocycles. The standard InChI is InChI=1S/C26H46Cl2O5/c1-3-5-6-7-8-9-10-11-12-13-14-15-16-17-18-32-26(30)33-24-22(27)19-21(20-23(24)28)25(29)31-4-2/h21-24H,3-20H2,1-2H3. The number of hydrogen-bond acceptors (Lipinski definition) is 5. The Morgan fingerprint density at radius 1 is 0.697 bits per heavy atom. The van der Waals surface area contributed by atoms with Crippen LogP contribution in [0.2, 0.25) is 0 Å². The van der Waals surface area contributed by atoms with Crippen molar-refractivity contribution < 1.29 is 23.8 Å². The SMILES string of the molecule is CCCCCCCCCCCCCCCCOC(=O)OC1C(Cl)CC(C(=O)OCC)CC1Cl. The molecule has 0 amide bonds. The van der Waals surface area contributed by atoms with Gasteiger partial charge in [-0.05, 0) is 26.2 Å². The van der Waals surface area contributed by atoms with Gasteiger partial charge in [0.05, 0.1) is 29.9 Å². The maximum atomic E-state index is 12.0. The molecule has 1 fully saturated rings. The van der Waals surface area contributed by atoms with Crippen LogP contribution in [0.15, 0.2) is 0 Å². The number of rotatable bonds is 18. The average molecular weight is 510 g/mol. The maximum Gasteiger partial charge on any atom is 0.508 e. The second kappa shape index (κ2) is 19.6. The van der Waals surface area contributed by atoms with E-state index < -0.39 is 23.0 Å². The first-order valence-electron chi connectivity index (χ1n) is 13.3. The van der Waals surface area contributed by atoms with Gasteiger partial charge in [0.2, 0.25) is 0 Å². The lowest BCUT2D eigenvalue weighted by atomic mass is 9.86. The quantitative estimate of drug-likeness (QED) is 0.106. The molecule has 0 aromatic rings. The number of esters is 1. The van der Waals surface area contributed by atoms with E-state index in [4.69, 9.17) is 37.4 Å². The van der Waals surface area contributed by atoms with Crippen molar-refractivity contribution in [3.05, 3.63) is 0 Å². The van der Waals surface area contributed by atoms with Gasteiger partial charge in [-0.1, -0.05) is 90.4 Å². The molecule has 1 aliphatic rings. The first kappa shape index (κ1) is 30.4. The molecular weight excluding hydrogens is 463 g/mol. The van der Waals surface area contributed by atoms with Crippen LogP contribution in [0.25, 0.3) is 0 Å². The first-order chi connectivity index (χ1) is 16.0. The number of hydrogen-bond donors (Lipinski definition) is 0. The van der Waals surface area contributed by atoms with Gasteiger partial charge in [0.1, 0.15) is 6.10 Å². The molecule has 0 aromatic heterocycles. The van der Waals surface area contributed by atoms with Crippen LogP contribution in [0.1, 0.15) is 117 Å². The topological polar surface area (TPSA) is 61.8 Å². The predicted molar refractivity (Wildman–Crippen MR) is 135 cm³/mol. The Kier molecular flexibility index (Phi) is 18.0. The third kappa shape index (κ3) is 14.3. The number of halogens is 2. The van der Waals surface area contributed by atoms with E-state index in [1.807, 2.05) is 0 Å². The lowest BCUT2D eigenvalue weighted by Gasteiger charge is -2.34. The molecule has 0 bridgehead atoms. The molecule has 2 atom stereocenters. The van der Waals surface area contributed by atoms with E-state index in [1.54, 1.807) is 6.92 Å². The molecule has 0 spiro atoms. The molecular formula is C26H46Cl2O5. The first-order valence-corrected chi connectivity index (χ1v) is 14.1. The summed E-state index contributed by atoms with van der Waals surface area (Å²) in [7, 11) is 0. The summed E-state index contributed by atoms with van der Waals surface area (Å²) >= 11 is 12.7. The molecule has 0 radical (unpaired) electrons. The van der Waals surface area contributed by atoms with Crippen LogP contribution < -0.4 is 0 Å². The van der Waals surface area contributed by atoms with Crippen molar-refractivity contribution in [2.24, 2.45) is 5.92 Å². The zero-order valence-electron chi connectivity index (χ0n) is 20.8. The highest BCUT2D eigenvalue weighted by atomic mass is 35.5. The van der Waals surface area contributed by atoms with Crippen molar-refractivity contribution in [1.82, 2.24) is 0 Å². The molecule has 194 valence electrons. The summed E-state index contributed by atoms with van der Waals surface area (Å²) in [6, 6.07) is 0. The van der Waals surface area contributed by atoms with Crippen molar-refractivity contribution in [3.63, 3.8) is 0 Å². The fourth-order valence-corrected chi connectivity index (χ4v) is 5.29. The average Bonchev–Trinajstić information content (AvgIpc) is 2.78. The Morgan fingerprint density at radius 2 is 1.15 bits per heavy atom. The second-order valence-electron chi connectivity index (χ2n) is 9.23. The molecule has 2 unspecified atom stereocenters. The van der Waals surface area contributed by atoms with Crippen LogP contribution in [0.5, 0.6) is 0 Å². The number of ether oxygens (including phenoxy) is 3. The Bertz CT molecular complexity index is 505. The van der Waals surface area contributed by atoms with Gasteiger partial charge in [-0.15, -0.1) is 23.2 Å². The van der Waals surface area contributed by atoms with Crippen molar-refractivity contribution in [2.45, 2.75) is 133 Å². The van der Waals surface area contributed by atoms with Crippen LogP contribution in [-0.2, 0) is 19.0 Å². The fraction of sp³-hybridized carbons (Fsp3) is 0.923. The number of carbonyl (C=O) groups is 2. The van der Waals surface area contributed by atoms with E-state index in [0.717, 1.165) is 12.8 Å². The van der Waals surface area contributed by atoms with E-state index in [9.17, 15) is 9.59 Å². The molecule has 0 heterocycles. The smallest absolute Gasteiger partial charge is 0.466 e. The summed E-state index contributed by atoms with van der Waals surface area (Å²) < 4.78 is 15.6. The molecule has 1 rings (SSSR count). The molecule has 0 aliphatic heterocycles. The Morgan fingerprint density at radius 3 is 1.61 bits per heavy atom. The van der Waals surface area contributed by atoms with Gasteiger partial charge in [0, 0.05) is 0 Å². The van der Waals surface area contributed by atoms with Crippen LogP contribution in [0.3, 0.4) is 0 Å². The zero-order valence-corrected chi connectivity index (χ0v) is 22.3. The molecule has 7 heteroatoms. The Labute approximate surface area is 211 Å². The fourth-order valence-electron chi connectivity index (χ4n) is 4.33. The molecule has 33 heavy (non-hydrogen) atoms. The van der Waals surface area contributed by atoms with Crippen LogP contribution in [0.4, 0.5) is 4.79 Å². The molecule has 0 N–H and O–H groups in total. The minimum atomic E-state index is -0.736. The summed E-state index contributed by atoms with van der Waals surface area (Å²) in [5.74, 6) is -0.658. The van der Waals surface area contributed by atoms with Crippen LogP contribution in [0, 0.1) is 5.92 Å². The van der Waals surface area contributed by atoms with Gasteiger partial charge in [0.15, 0.2) is 0 Å². The summed E-state index contributed by atoms with van der Waals surface area (Å²) in [4.78, 5) is 23.9. The van der Waals surface area contributed by atoms with E-state index >= 15 is 0 Å². The summed E-state index contributed by atoms with van der Waals surface area (Å²) in [6.45, 7) is 4.68. The minimum Gasteiger partial charge on any atom is -0.466 e. The number of alkyl halides is 2. The third-order valence-corrected chi connectivity index (χ3v) is 7.16. The van der Waals surface area contributed by atoms with Crippen molar-refractivity contribution in [1.29, 1.82) is 0 Å². The third-order valence-electron chi connectivity index (χ3n) is 6.30. The van der Waals surface area contributed by atoms with Gasteiger partial charge in [0.25, 0.3) is 0 Å². The van der Waals surface area contributed by atoms with E-state index in [0.29, 0.717) is 26.1 Å². The highest BCUT2D eigenvalue weighted by Gasteiger charge is 2.42. The molecule has 1 aliphatic carbocycles. The monoisotopic (exact) mass is 508 g/mol. The van der Waals surface area contributed by atoms with Gasteiger partial charge < -0.3 is 14.2 Å². The van der Waals surface area contributed by atoms with Crippen molar-refractivity contribution in [3.8, 4) is 0 Å². The molecule has 5 nitrogen and oxygen atoms in total. The summed E-state index contributed by atoms with van der Waals surface area (Å²) in [5.41, 5.74) is 0. The van der Waals surface area contributed by atoms with E-state index in [2.05, 4.69) is 6.92 Å². The van der Waals surface area contributed by atoms with Crippen LogP contribution >= 0.6 is 23.2 Å². The Hall–Kier alpha value is -0.680. The maximum absolute atomic E-state index is 12.0. The molecule has 1 saturated carbocycles. The largest absolute Gasteiger partial charge is 0.508 e. The predicted octanol–water partition coefficient (Wildman–Crippen LogP) is 8.18. The number of carbonyl (C=O) groups excluding carboxylic acids is 2. The van der Waals surface area contributed by atoms with Gasteiger partial charge >= 0.3 is 12.1 Å². The van der Waals surface area contributed by atoms with Crippen molar-refractivity contribution >= 4 is 35.3 Å². The number of unbranched alkanes of at least 4 members (excludes halogenated alkanes) is 13. The van der Waals surface area contributed by atoms with E-state index in [-0.39, 0.29) is 11.9 Å². The normalized spacial score (nSPS) is 22.7. The Balaban J connectivity index is 1.98. The summed E-state index contributed by atoms with van der Waals surface area (Å²) in [5, 5.41) is -1.08. The van der Waals surface area contributed by atoms with Gasteiger partial charge in [-0.2, -0.15) is 0 Å². The summed E-state index contributed by atoms with van der Waals surface area (Å²) in [6.07, 6.45) is 17.3. The minimum absolute atomic E-state index is 0.298. The zero-order chi connectivity index (χ0) is 24.3. The molecule has 0 saturated heterocycles. The second-order valence-corrected chi connectivity index (χ2v) is 10.4. The lowest BCUT2D eigenvalue weighted by Crippen LogP contribution is -2.44. The van der Waals surface area contributed by atoms with Crippen LogP contribution in [-0.4, -0.2) is 42.2 Å². The van der Waals surface area contributed by atoms with Gasteiger partial charge in [-0.25, -0.2) is 4.79 Å². The lowest BCUT2D eigenvalue weighted by molar-refractivity contribution is -0.149. The van der Waals surface area contributed by atoms with E-state index in [1.165, 1.54) is 77.0 Å². The van der Waals surface area contributed by atoms with Crippen molar-refractivity contribution in [2.75, 3.05) is 13.2 Å².